The van der Waals surface area contributed by atoms with E-state index in [1.807, 2.05) is 0 Å². The molecule has 2 aromatic carbocycles. The van der Waals surface area contributed by atoms with E-state index < -0.39 is 0 Å². The highest BCUT2D eigenvalue weighted by molar-refractivity contribution is 5.71. The Hall–Kier alpha value is -1.84. The molecule has 0 aromatic heterocycles. The summed E-state index contributed by atoms with van der Waals surface area (Å²) in [7, 11) is 0. The third kappa shape index (κ3) is 3.73. The van der Waals surface area contributed by atoms with Gasteiger partial charge in [-0.3, -0.25) is 0 Å². The SMILES string of the molecule is CC(CN1CCNCC1)CN1c2ccccc2CCc2ccccc21. The molecule has 1 N–H and O–H groups in total. The van der Waals surface area contributed by atoms with Crippen molar-refractivity contribution in [2.75, 3.05) is 44.2 Å². The molecule has 4 rings (SSSR count). The highest BCUT2D eigenvalue weighted by Gasteiger charge is 2.22. The van der Waals surface area contributed by atoms with Gasteiger partial charge in [-0.2, -0.15) is 0 Å². The Morgan fingerprint density at radius 3 is 2.00 bits per heavy atom. The average molecular weight is 335 g/mol. The van der Waals surface area contributed by atoms with E-state index in [1.54, 1.807) is 0 Å². The first-order valence-electron chi connectivity index (χ1n) is 9.67. The van der Waals surface area contributed by atoms with E-state index in [-0.39, 0.29) is 0 Å². The zero-order valence-corrected chi connectivity index (χ0v) is 15.2. The third-order valence-corrected chi connectivity index (χ3v) is 5.50. The Balaban J connectivity index is 1.58. The van der Waals surface area contributed by atoms with E-state index in [2.05, 4.69) is 70.6 Å². The molecule has 0 aliphatic carbocycles. The maximum atomic E-state index is 3.45. The second kappa shape index (κ2) is 7.59. The molecule has 0 amide bonds. The summed E-state index contributed by atoms with van der Waals surface area (Å²) in [6, 6.07) is 17.9. The van der Waals surface area contributed by atoms with Crippen LogP contribution in [-0.4, -0.2) is 44.2 Å². The summed E-state index contributed by atoms with van der Waals surface area (Å²) in [5.41, 5.74) is 5.76. The van der Waals surface area contributed by atoms with Crippen LogP contribution in [0.1, 0.15) is 18.1 Å². The van der Waals surface area contributed by atoms with Crippen LogP contribution in [0, 0.1) is 5.92 Å². The van der Waals surface area contributed by atoms with Crippen molar-refractivity contribution in [2.45, 2.75) is 19.8 Å². The minimum atomic E-state index is 0.636. The molecule has 0 bridgehead atoms. The number of nitrogens with one attached hydrogen (secondary N) is 1. The number of aryl methyl sites for hydroxylation is 2. The smallest absolute Gasteiger partial charge is 0.0443 e. The van der Waals surface area contributed by atoms with Crippen LogP contribution in [0.25, 0.3) is 0 Å². The van der Waals surface area contributed by atoms with Crippen LogP contribution in [0.15, 0.2) is 48.5 Å². The number of piperazine rings is 1. The Bertz CT molecular complexity index is 658. The standard InChI is InChI=1S/C22H29N3/c1-18(16-24-14-12-23-13-15-24)17-25-21-8-4-2-6-19(21)10-11-20-7-3-5-9-22(20)25/h2-9,18,23H,10-17H2,1H3. The largest absolute Gasteiger partial charge is 0.341 e. The van der Waals surface area contributed by atoms with Crippen LogP contribution < -0.4 is 10.2 Å². The highest BCUT2D eigenvalue weighted by Crippen LogP contribution is 2.36. The van der Waals surface area contributed by atoms with Crippen molar-refractivity contribution >= 4 is 11.4 Å². The monoisotopic (exact) mass is 335 g/mol. The minimum absolute atomic E-state index is 0.636. The molecule has 1 saturated heterocycles. The van der Waals surface area contributed by atoms with Crippen LogP contribution in [0.4, 0.5) is 11.4 Å². The number of rotatable bonds is 4. The van der Waals surface area contributed by atoms with Gasteiger partial charge < -0.3 is 15.1 Å². The van der Waals surface area contributed by atoms with E-state index in [0.29, 0.717) is 5.92 Å². The molecule has 3 heteroatoms. The van der Waals surface area contributed by atoms with Gasteiger partial charge in [-0.25, -0.2) is 0 Å². The van der Waals surface area contributed by atoms with E-state index in [1.165, 1.54) is 42.1 Å². The van der Waals surface area contributed by atoms with Gasteiger partial charge >= 0.3 is 0 Å². The summed E-state index contributed by atoms with van der Waals surface area (Å²) in [4.78, 5) is 5.18. The van der Waals surface area contributed by atoms with Gasteiger partial charge in [0, 0.05) is 50.6 Å². The quantitative estimate of drug-likeness (QED) is 0.923. The number of anilines is 2. The fourth-order valence-corrected chi connectivity index (χ4v) is 4.27. The molecule has 2 aliphatic heterocycles. The third-order valence-electron chi connectivity index (χ3n) is 5.50. The number of hydrogen-bond donors (Lipinski definition) is 1. The first-order valence-corrected chi connectivity index (χ1v) is 9.67. The Morgan fingerprint density at radius 1 is 0.840 bits per heavy atom. The molecule has 2 aromatic rings. The summed E-state index contributed by atoms with van der Waals surface area (Å²) < 4.78 is 0. The van der Waals surface area contributed by atoms with Crippen LogP contribution in [0.3, 0.4) is 0 Å². The zero-order valence-electron chi connectivity index (χ0n) is 15.2. The second-order valence-electron chi connectivity index (χ2n) is 7.52. The first kappa shape index (κ1) is 16.6. The van der Waals surface area contributed by atoms with E-state index >= 15 is 0 Å². The second-order valence-corrected chi connectivity index (χ2v) is 7.52. The number of fused-ring (bicyclic) bond motifs is 2. The maximum Gasteiger partial charge on any atom is 0.0443 e. The van der Waals surface area contributed by atoms with Gasteiger partial charge in [-0.05, 0) is 42.0 Å². The fraction of sp³-hybridized carbons (Fsp3) is 0.455. The van der Waals surface area contributed by atoms with Crippen molar-refractivity contribution in [3.05, 3.63) is 59.7 Å². The van der Waals surface area contributed by atoms with Gasteiger partial charge in [-0.1, -0.05) is 43.3 Å². The zero-order chi connectivity index (χ0) is 17.1. The lowest BCUT2D eigenvalue weighted by Gasteiger charge is -2.33. The first-order chi connectivity index (χ1) is 12.3. The maximum absolute atomic E-state index is 3.45. The molecule has 3 nitrogen and oxygen atoms in total. The number of hydrogen-bond acceptors (Lipinski definition) is 3. The minimum Gasteiger partial charge on any atom is -0.341 e. The van der Waals surface area contributed by atoms with Gasteiger partial charge in [0.05, 0.1) is 0 Å². The van der Waals surface area contributed by atoms with Crippen LogP contribution in [0.2, 0.25) is 0 Å². The summed E-state index contributed by atoms with van der Waals surface area (Å²) in [6.45, 7) is 9.28. The topological polar surface area (TPSA) is 18.5 Å². The molecule has 132 valence electrons. The summed E-state index contributed by atoms with van der Waals surface area (Å²) >= 11 is 0. The molecule has 0 saturated carbocycles. The van der Waals surface area contributed by atoms with Crippen molar-refractivity contribution in [1.82, 2.24) is 10.2 Å². The molecule has 2 heterocycles. The van der Waals surface area contributed by atoms with Gasteiger partial charge in [0.2, 0.25) is 0 Å². The van der Waals surface area contributed by atoms with Crippen LogP contribution in [0.5, 0.6) is 0 Å². The van der Waals surface area contributed by atoms with Crippen molar-refractivity contribution in [2.24, 2.45) is 5.92 Å². The summed E-state index contributed by atoms with van der Waals surface area (Å²) in [6.07, 6.45) is 2.27. The molecule has 0 radical (unpaired) electrons. The molecule has 1 fully saturated rings. The van der Waals surface area contributed by atoms with Gasteiger partial charge in [-0.15, -0.1) is 0 Å². The van der Waals surface area contributed by atoms with Gasteiger partial charge in [0.25, 0.3) is 0 Å². The number of nitrogens with zero attached hydrogens (tertiary/aromatic N) is 2. The van der Waals surface area contributed by atoms with Crippen LogP contribution >= 0.6 is 0 Å². The lowest BCUT2D eigenvalue weighted by molar-refractivity contribution is 0.213. The Morgan fingerprint density at radius 2 is 1.40 bits per heavy atom. The molecular weight excluding hydrogens is 306 g/mol. The van der Waals surface area contributed by atoms with Crippen molar-refractivity contribution in [3.63, 3.8) is 0 Å². The van der Waals surface area contributed by atoms with E-state index in [9.17, 15) is 0 Å². The van der Waals surface area contributed by atoms with Crippen molar-refractivity contribution in [3.8, 4) is 0 Å². The van der Waals surface area contributed by atoms with Gasteiger partial charge in [0.15, 0.2) is 0 Å². The number of benzene rings is 2. The van der Waals surface area contributed by atoms with Crippen molar-refractivity contribution < 1.29 is 0 Å². The summed E-state index contributed by atoms with van der Waals surface area (Å²) in [5, 5.41) is 3.45. The predicted octanol–water partition coefficient (Wildman–Crippen LogP) is 3.46. The predicted molar refractivity (Wildman–Crippen MR) is 106 cm³/mol. The molecule has 2 aliphatic rings. The lowest BCUT2D eigenvalue weighted by atomic mass is 10.0. The molecule has 0 spiro atoms. The number of para-hydroxylation sites is 2. The average Bonchev–Trinajstić information content (AvgIpc) is 2.80. The molecule has 25 heavy (non-hydrogen) atoms. The summed E-state index contributed by atoms with van der Waals surface area (Å²) in [5.74, 6) is 0.636. The lowest BCUT2D eigenvalue weighted by Crippen LogP contribution is -2.46. The highest BCUT2D eigenvalue weighted by atomic mass is 15.2. The Kier molecular flexibility index (Phi) is 5.04. The fourth-order valence-electron chi connectivity index (χ4n) is 4.27. The Labute approximate surface area is 151 Å². The van der Waals surface area contributed by atoms with Crippen LogP contribution in [-0.2, 0) is 12.8 Å². The van der Waals surface area contributed by atoms with Gasteiger partial charge in [0.1, 0.15) is 0 Å². The molecular formula is C22H29N3. The molecule has 1 unspecified atom stereocenters. The normalized spacial score (nSPS) is 19.0. The van der Waals surface area contributed by atoms with E-state index in [4.69, 9.17) is 0 Å². The molecule has 1 atom stereocenters. The van der Waals surface area contributed by atoms with E-state index in [0.717, 1.165) is 32.5 Å². The van der Waals surface area contributed by atoms with Crippen molar-refractivity contribution in [1.29, 1.82) is 0 Å².